The number of carboxylic acid groups (broad SMARTS) is 1. The van der Waals surface area contributed by atoms with Gasteiger partial charge < -0.3 is 5.11 Å². The molecule has 0 aromatic rings. The van der Waals surface area contributed by atoms with E-state index in [0.717, 1.165) is 30.1 Å². The Balaban J connectivity index is 1.56. The fraction of sp³-hybridized carbons (Fsp3) is 0.966. The standard InChI is InChI=1S/C29H50O2/c1-20(2)9-8-16-27(3,19-26(30)31)25-14-13-23-22-12-11-21-10-6-7-17-28(21,4)24(22)15-18-29(23,25)5/h20-25H,6-19H2,1-5H3,(H,30,31)/t21?,22-,23-,24-,25+,27+,28-,29-/m0/s1. The van der Waals surface area contributed by atoms with Gasteiger partial charge in [0.1, 0.15) is 0 Å². The van der Waals surface area contributed by atoms with Crippen LogP contribution in [0.4, 0.5) is 0 Å². The van der Waals surface area contributed by atoms with E-state index < -0.39 is 5.97 Å². The molecule has 0 aromatic carbocycles. The normalized spacial score (nSPS) is 44.3. The van der Waals surface area contributed by atoms with Gasteiger partial charge in [0.15, 0.2) is 0 Å². The predicted molar refractivity (Wildman–Crippen MR) is 129 cm³/mol. The van der Waals surface area contributed by atoms with Gasteiger partial charge in [-0.05, 0) is 110 Å². The summed E-state index contributed by atoms with van der Waals surface area (Å²) < 4.78 is 0. The minimum Gasteiger partial charge on any atom is -0.481 e. The van der Waals surface area contributed by atoms with Crippen LogP contribution < -0.4 is 0 Å². The number of carboxylic acids is 1. The third kappa shape index (κ3) is 4.12. The van der Waals surface area contributed by atoms with E-state index in [1.807, 2.05) is 0 Å². The largest absolute Gasteiger partial charge is 0.481 e. The summed E-state index contributed by atoms with van der Waals surface area (Å²) in [6.45, 7) is 12.2. The lowest BCUT2D eigenvalue weighted by molar-refractivity contribution is -0.145. The second-order valence-electron chi connectivity index (χ2n) is 13.6. The van der Waals surface area contributed by atoms with Gasteiger partial charge in [-0.1, -0.05) is 60.3 Å². The van der Waals surface area contributed by atoms with Crippen LogP contribution in [0, 0.1) is 51.8 Å². The second kappa shape index (κ2) is 8.68. The molecule has 2 heteroatoms. The van der Waals surface area contributed by atoms with Crippen LogP contribution in [0.1, 0.15) is 125 Å². The van der Waals surface area contributed by atoms with Gasteiger partial charge in [0, 0.05) is 0 Å². The highest BCUT2D eigenvalue weighted by Gasteiger charge is 2.62. The summed E-state index contributed by atoms with van der Waals surface area (Å²) in [5.41, 5.74) is 0.923. The minimum atomic E-state index is -0.581. The Kier molecular flexibility index (Phi) is 6.61. The van der Waals surface area contributed by atoms with Crippen LogP contribution in [0.25, 0.3) is 0 Å². The fourth-order valence-electron chi connectivity index (χ4n) is 10.1. The van der Waals surface area contributed by atoms with Gasteiger partial charge in [-0.2, -0.15) is 0 Å². The second-order valence-corrected chi connectivity index (χ2v) is 13.6. The number of aliphatic carboxylic acids is 1. The van der Waals surface area contributed by atoms with Crippen LogP contribution in [0.3, 0.4) is 0 Å². The van der Waals surface area contributed by atoms with Crippen LogP contribution >= 0.6 is 0 Å². The van der Waals surface area contributed by atoms with E-state index in [2.05, 4.69) is 34.6 Å². The van der Waals surface area contributed by atoms with Crippen molar-refractivity contribution in [3.63, 3.8) is 0 Å². The highest BCUT2D eigenvalue weighted by molar-refractivity contribution is 5.67. The highest BCUT2D eigenvalue weighted by atomic mass is 16.4. The average Bonchev–Trinajstić information content (AvgIpc) is 3.04. The molecule has 1 N–H and O–H groups in total. The monoisotopic (exact) mass is 430 g/mol. The van der Waals surface area contributed by atoms with Gasteiger partial charge in [-0.25, -0.2) is 0 Å². The molecule has 0 saturated heterocycles. The Bertz CT molecular complexity index is 655. The molecule has 0 heterocycles. The molecule has 0 aliphatic heterocycles. The molecule has 4 fully saturated rings. The summed E-state index contributed by atoms with van der Waals surface area (Å²) in [5, 5.41) is 9.85. The molecule has 1 unspecified atom stereocenters. The Hall–Kier alpha value is -0.530. The van der Waals surface area contributed by atoms with Crippen LogP contribution in [0.2, 0.25) is 0 Å². The average molecular weight is 431 g/mol. The van der Waals surface area contributed by atoms with E-state index in [0.29, 0.717) is 29.1 Å². The topological polar surface area (TPSA) is 37.3 Å². The molecule has 178 valence electrons. The summed E-state index contributed by atoms with van der Waals surface area (Å²) in [4.78, 5) is 12.0. The molecule has 4 aliphatic carbocycles. The fourth-order valence-corrected chi connectivity index (χ4v) is 10.1. The van der Waals surface area contributed by atoms with E-state index in [1.54, 1.807) is 0 Å². The summed E-state index contributed by atoms with van der Waals surface area (Å²) in [7, 11) is 0. The van der Waals surface area contributed by atoms with Crippen molar-refractivity contribution >= 4 is 5.97 Å². The molecule has 8 atom stereocenters. The molecule has 4 aliphatic rings. The Morgan fingerprint density at radius 1 is 0.968 bits per heavy atom. The summed E-state index contributed by atoms with van der Waals surface area (Å²) >= 11 is 0. The lowest BCUT2D eigenvalue weighted by atomic mass is 9.44. The third-order valence-electron chi connectivity index (χ3n) is 11.5. The smallest absolute Gasteiger partial charge is 0.303 e. The maximum atomic E-state index is 12.0. The minimum absolute atomic E-state index is 0.0387. The molecular formula is C29H50O2. The van der Waals surface area contributed by atoms with Gasteiger partial charge in [0.05, 0.1) is 6.42 Å². The van der Waals surface area contributed by atoms with Crippen molar-refractivity contribution in [3.8, 4) is 0 Å². The van der Waals surface area contributed by atoms with Gasteiger partial charge in [0.2, 0.25) is 0 Å². The van der Waals surface area contributed by atoms with E-state index >= 15 is 0 Å². The molecule has 0 spiro atoms. The van der Waals surface area contributed by atoms with Gasteiger partial charge in [-0.3, -0.25) is 4.79 Å². The zero-order valence-corrected chi connectivity index (χ0v) is 21.2. The van der Waals surface area contributed by atoms with Crippen molar-refractivity contribution < 1.29 is 9.90 Å². The molecular weight excluding hydrogens is 380 g/mol. The maximum absolute atomic E-state index is 12.0. The van der Waals surface area contributed by atoms with E-state index in [-0.39, 0.29) is 5.41 Å². The van der Waals surface area contributed by atoms with Crippen molar-refractivity contribution in [2.24, 2.45) is 51.8 Å². The number of hydrogen-bond acceptors (Lipinski definition) is 1. The SMILES string of the molecule is CC(C)CCC[C@](C)(CC(=O)O)[C@H]1CC[C@H]2[C@@H]3CCC4CCCC[C@]4(C)[C@H]3CC[C@]12C. The van der Waals surface area contributed by atoms with Crippen molar-refractivity contribution in [2.45, 2.75) is 125 Å². The van der Waals surface area contributed by atoms with Gasteiger partial charge in [-0.15, -0.1) is 0 Å². The summed E-state index contributed by atoms with van der Waals surface area (Å²) in [6, 6.07) is 0. The van der Waals surface area contributed by atoms with E-state index in [4.69, 9.17) is 0 Å². The lowest BCUT2D eigenvalue weighted by Gasteiger charge is -2.61. The zero-order valence-electron chi connectivity index (χ0n) is 21.2. The molecule has 4 saturated carbocycles. The first-order valence-electron chi connectivity index (χ1n) is 13.8. The van der Waals surface area contributed by atoms with Gasteiger partial charge >= 0.3 is 5.97 Å². The maximum Gasteiger partial charge on any atom is 0.303 e. The zero-order chi connectivity index (χ0) is 22.4. The molecule has 0 aromatic heterocycles. The first-order chi connectivity index (χ1) is 14.6. The lowest BCUT2D eigenvalue weighted by Crippen LogP contribution is -2.53. The van der Waals surface area contributed by atoms with Crippen LogP contribution in [-0.4, -0.2) is 11.1 Å². The van der Waals surface area contributed by atoms with Crippen molar-refractivity contribution in [1.82, 2.24) is 0 Å². The van der Waals surface area contributed by atoms with Gasteiger partial charge in [0.25, 0.3) is 0 Å². The Morgan fingerprint density at radius 3 is 2.42 bits per heavy atom. The number of rotatable bonds is 7. The number of hydrogen-bond donors (Lipinski definition) is 1. The molecule has 2 nitrogen and oxygen atoms in total. The predicted octanol–water partition coefficient (Wildman–Crippen LogP) is 8.34. The van der Waals surface area contributed by atoms with E-state index in [1.165, 1.54) is 77.0 Å². The summed E-state index contributed by atoms with van der Waals surface area (Å²) in [5.74, 6) is 4.39. The van der Waals surface area contributed by atoms with Crippen molar-refractivity contribution in [3.05, 3.63) is 0 Å². The quantitative estimate of drug-likeness (QED) is 0.440. The molecule has 0 radical (unpaired) electrons. The third-order valence-corrected chi connectivity index (χ3v) is 11.5. The first-order valence-corrected chi connectivity index (χ1v) is 13.8. The van der Waals surface area contributed by atoms with E-state index in [9.17, 15) is 9.90 Å². The Morgan fingerprint density at radius 2 is 1.71 bits per heavy atom. The molecule has 4 rings (SSSR count). The van der Waals surface area contributed by atoms with Crippen molar-refractivity contribution in [2.75, 3.05) is 0 Å². The van der Waals surface area contributed by atoms with Crippen LogP contribution in [0.15, 0.2) is 0 Å². The number of carbonyl (C=O) groups is 1. The highest BCUT2D eigenvalue weighted by Crippen LogP contribution is 2.70. The molecule has 31 heavy (non-hydrogen) atoms. The number of fused-ring (bicyclic) bond motifs is 5. The Labute approximate surface area is 192 Å². The summed E-state index contributed by atoms with van der Waals surface area (Å²) in [6.07, 6.45) is 18.1. The molecule has 0 amide bonds. The van der Waals surface area contributed by atoms with Crippen LogP contribution in [0.5, 0.6) is 0 Å². The van der Waals surface area contributed by atoms with Crippen molar-refractivity contribution in [1.29, 1.82) is 0 Å². The molecule has 0 bridgehead atoms. The van der Waals surface area contributed by atoms with Crippen LogP contribution in [-0.2, 0) is 4.79 Å². The first kappa shape index (κ1) is 23.6.